The van der Waals surface area contributed by atoms with Gasteiger partial charge in [-0.3, -0.25) is 14.7 Å². The molecular weight excluding hydrogens is 212 g/mol. The lowest BCUT2D eigenvalue weighted by atomic mass is 10.1. The number of aliphatic carboxylic acids is 1. The van der Waals surface area contributed by atoms with Gasteiger partial charge in [0.05, 0.1) is 10.4 Å². The van der Waals surface area contributed by atoms with E-state index in [0.29, 0.717) is 0 Å². The number of nitrogens with zero attached hydrogens (tertiary/aromatic N) is 2. The molecule has 1 aromatic heterocycles. The molecule has 0 bridgehead atoms. The van der Waals surface area contributed by atoms with Crippen LogP contribution in [0.25, 0.3) is 0 Å². The maximum absolute atomic E-state index is 11.2. The maximum atomic E-state index is 11.2. The maximum Gasteiger partial charge on any atom is 0.326 e. The number of hydrogen-bond acceptors (Lipinski definition) is 4. The molecular formula is C10H14N2O2S. The minimum Gasteiger partial charge on any atom is -0.480 e. The molecule has 1 fully saturated rings. The van der Waals surface area contributed by atoms with Crippen molar-refractivity contribution in [3.05, 3.63) is 16.6 Å². The Hall–Kier alpha value is -0.940. The first-order valence-corrected chi connectivity index (χ1v) is 6.02. The Labute approximate surface area is 92.6 Å². The molecule has 0 amide bonds. The van der Waals surface area contributed by atoms with E-state index in [2.05, 4.69) is 4.98 Å². The van der Waals surface area contributed by atoms with Crippen LogP contribution in [0.3, 0.4) is 0 Å². The zero-order valence-corrected chi connectivity index (χ0v) is 9.24. The standard InChI is InChI=1S/C10H14N2O2S/c13-10(14)9(8-6-11-7-15-8)12-4-2-1-3-5-12/h6-7,9H,1-5H2,(H,13,14). The molecule has 2 rings (SSSR count). The van der Waals surface area contributed by atoms with E-state index < -0.39 is 12.0 Å². The van der Waals surface area contributed by atoms with Crippen molar-refractivity contribution in [2.45, 2.75) is 25.3 Å². The number of likely N-dealkylation sites (tertiary alicyclic amines) is 1. The van der Waals surface area contributed by atoms with Gasteiger partial charge in [0.25, 0.3) is 0 Å². The van der Waals surface area contributed by atoms with Gasteiger partial charge < -0.3 is 5.11 Å². The molecule has 0 aromatic carbocycles. The van der Waals surface area contributed by atoms with Crippen molar-refractivity contribution >= 4 is 17.3 Å². The van der Waals surface area contributed by atoms with Crippen LogP contribution in [-0.4, -0.2) is 34.0 Å². The van der Waals surface area contributed by atoms with Crippen LogP contribution in [0.5, 0.6) is 0 Å². The number of rotatable bonds is 3. The molecule has 2 heterocycles. The third-order valence-corrected chi connectivity index (χ3v) is 3.54. The van der Waals surface area contributed by atoms with Gasteiger partial charge in [-0.25, -0.2) is 0 Å². The van der Waals surface area contributed by atoms with Crippen LogP contribution in [-0.2, 0) is 4.79 Å². The highest BCUT2D eigenvalue weighted by Crippen LogP contribution is 2.27. The van der Waals surface area contributed by atoms with E-state index in [4.69, 9.17) is 0 Å². The predicted octanol–water partition coefficient (Wildman–Crippen LogP) is 1.75. The fourth-order valence-electron chi connectivity index (χ4n) is 2.00. The largest absolute Gasteiger partial charge is 0.480 e. The molecule has 0 radical (unpaired) electrons. The topological polar surface area (TPSA) is 53.4 Å². The number of thiazole rings is 1. The van der Waals surface area contributed by atoms with Gasteiger partial charge in [-0.05, 0) is 25.9 Å². The van der Waals surface area contributed by atoms with E-state index in [-0.39, 0.29) is 0 Å². The summed E-state index contributed by atoms with van der Waals surface area (Å²) in [6, 6.07) is -0.488. The highest BCUT2D eigenvalue weighted by Gasteiger charge is 2.29. The van der Waals surface area contributed by atoms with Crippen LogP contribution < -0.4 is 0 Å². The van der Waals surface area contributed by atoms with Crippen LogP contribution in [0.2, 0.25) is 0 Å². The Bertz CT molecular complexity index is 320. The molecule has 1 aromatic rings. The molecule has 0 saturated carbocycles. The van der Waals surface area contributed by atoms with Crippen molar-refractivity contribution in [2.75, 3.05) is 13.1 Å². The molecule has 0 spiro atoms. The summed E-state index contributed by atoms with van der Waals surface area (Å²) in [5.74, 6) is -0.763. The molecule has 1 atom stereocenters. The molecule has 4 nitrogen and oxygen atoms in total. The van der Waals surface area contributed by atoms with Crippen LogP contribution in [0.1, 0.15) is 30.2 Å². The summed E-state index contributed by atoms with van der Waals surface area (Å²) >= 11 is 1.42. The van der Waals surface area contributed by atoms with E-state index >= 15 is 0 Å². The smallest absolute Gasteiger partial charge is 0.326 e. The minimum absolute atomic E-state index is 0.488. The van der Waals surface area contributed by atoms with Crippen molar-refractivity contribution in [2.24, 2.45) is 0 Å². The number of hydrogen-bond donors (Lipinski definition) is 1. The Morgan fingerprint density at radius 2 is 2.20 bits per heavy atom. The van der Waals surface area contributed by atoms with E-state index in [0.717, 1.165) is 30.8 Å². The average molecular weight is 226 g/mol. The van der Waals surface area contributed by atoms with Gasteiger partial charge in [-0.2, -0.15) is 0 Å². The number of carboxylic acid groups (broad SMARTS) is 1. The highest BCUT2D eigenvalue weighted by molar-refractivity contribution is 7.09. The first-order valence-electron chi connectivity index (χ1n) is 5.14. The zero-order valence-electron chi connectivity index (χ0n) is 8.43. The molecule has 5 heteroatoms. The third-order valence-electron chi connectivity index (χ3n) is 2.71. The summed E-state index contributed by atoms with van der Waals surface area (Å²) in [5, 5.41) is 9.23. The number of carbonyl (C=O) groups is 1. The van der Waals surface area contributed by atoms with Crippen molar-refractivity contribution < 1.29 is 9.90 Å². The summed E-state index contributed by atoms with van der Waals surface area (Å²) in [6.07, 6.45) is 5.08. The van der Waals surface area contributed by atoms with Crippen LogP contribution in [0, 0.1) is 0 Å². The number of piperidine rings is 1. The third kappa shape index (κ3) is 2.35. The van der Waals surface area contributed by atoms with E-state index in [1.165, 1.54) is 17.8 Å². The zero-order chi connectivity index (χ0) is 10.7. The van der Waals surface area contributed by atoms with Crippen LogP contribution in [0.4, 0.5) is 0 Å². The van der Waals surface area contributed by atoms with E-state index in [1.807, 2.05) is 4.90 Å². The molecule has 1 unspecified atom stereocenters. The van der Waals surface area contributed by atoms with Gasteiger partial charge in [0.2, 0.25) is 0 Å². The second kappa shape index (κ2) is 4.72. The minimum atomic E-state index is -0.763. The lowest BCUT2D eigenvalue weighted by molar-refractivity contribution is -0.143. The molecule has 15 heavy (non-hydrogen) atoms. The summed E-state index contributed by atoms with van der Waals surface area (Å²) in [5.41, 5.74) is 1.69. The monoisotopic (exact) mass is 226 g/mol. The fourth-order valence-corrected chi connectivity index (χ4v) is 2.74. The fraction of sp³-hybridized carbons (Fsp3) is 0.600. The van der Waals surface area contributed by atoms with Gasteiger partial charge in [-0.1, -0.05) is 6.42 Å². The number of carboxylic acids is 1. The van der Waals surface area contributed by atoms with Crippen LogP contribution >= 0.6 is 11.3 Å². The van der Waals surface area contributed by atoms with Crippen molar-refractivity contribution in [3.63, 3.8) is 0 Å². The first-order chi connectivity index (χ1) is 7.29. The van der Waals surface area contributed by atoms with Gasteiger partial charge in [0.1, 0.15) is 6.04 Å². The highest BCUT2D eigenvalue weighted by atomic mass is 32.1. The van der Waals surface area contributed by atoms with Gasteiger partial charge in [0, 0.05) is 6.20 Å². The first kappa shape index (κ1) is 10.6. The number of aromatic nitrogens is 1. The Balaban J connectivity index is 2.15. The van der Waals surface area contributed by atoms with Crippen molar-refractivity contribution in [1.82, 2.24) is 9.88 Å². The average Bonchev–Trinajstić information content (AvgIpc) is 2.72. The Morgan fingerprint density at radius 1 is 1.47 bits per heavy atom. The molecule has 0 aliphatic carbocycles. The summed E-state index contributed by atoms with van der Waals surface area (Å²) in [6.45, 7) is 1.77. The van der Waals surface area contributed by atoms with Gasteiger partial charge in [0.15, 0.2) is 0 Å². The Morgan fingerprint density at radius 3 is 2.73 bits per heavy atom. The van der Waals surface area contributed by atoms with E-state index in [9.17, 15) is 9.90 Å². The van der Waals surface area contributed by atoms with E-state index in [1.54, 1.807) is 11.7 Å². The normalized spacial score (nSPS) is 20.0. The molecule has 1 aliphatic heterocycles. The summed E-state index contributed by atoms with van der Waals surface area (Å²) in [4.78, 5) is 18.1. The Kier molecular flexibility index (Phi) is 3.33. The van der Waals surface area contributed by atoms with Gasteiger partial charge in [-0.15, -0.1) is 11.3 Å². The molecule has 1 saturated heterocycles. The SMILES string of the molecule is O=C(O)C(c1cncs1)N1CCCCC1. The van der Waals surface area contributed by atoms with Gasteiger partial charge >= 0.3 is 5.97 Å². The summed E-state index contributed by atoms with van der Waals surface area (Å²) < 4.78 is 0. The second-order valence-electron chi connectivity index (χ2n) is 3.74. The summed E-state index contributed by atoms with van der Waals surface area (Å²) in [7, 11) is 0. The molecule has 1 N–H and O–H groups in total. The predicted molar refractivity (Wildman–Crippen MR) is 57.9 cm³/mol. The molecule has 1 aliphatic rings. The van der Waals surface area contributed by atoms with Crippen molar-refractivity contribution in [3.8, 4) is 0 Å². The lowest BCUT2D eigenvalue weighted by Gasteiger charge is -2.31. The quantitative estimate of drug-likeness (QED) is 0.853. The molecule has 82 valence electrons. The second-order valence-corrected chi connectivity index (χ2v) is 4.66. The van der Waals surface area contributed by atoms with Crippen LogP contribution in [0.15, 0.2) is 11.7 Å². The lowest BCUT2D eigenvalue weighted by Crippen LogP contribution is -2.37. The van der Waals surface area contributed by atoms with Crippen molar-refractivity contribution in [1.29, 1.82) is 0 Å².